The zero-order valence-corrected chi connectivity index (χ0v) is 24.7. The van der Waals surface area contributed by atoms with E-state index in [9.17, 15) is 5.11 Å². The van der Waals surface area contributed by atoms with Crippen LogP contribution >= 0.6 is 11.8 Å². The van der Waals surface area contributed by atoms with E-state index in [-0.39, 0.29) is 36.0 Å². The van der Waals surface area contributed by atoms with Gasteiger partial charge in [0.15, 0.2) is 0 Å². The Hall–Kier alpha value is -0.460. The Morgan fingerprint density at radius 3 is 1.94 bits per heavy atom. The summed E-state index contributed by atoms with van der Waals surface area (Å²) in [4.78, 5) is 3.07. The van der Waals surface area contributed by atoms with E-state index in [1.54, 1.807) is 11.8 Å². The summed E-state index contributed by atoms with van der Waals surface area (Å²) < 4.78 is 12.2. The highest BCUT2D eigenvalue weighted by atomic mass is 32.2. The molecule has 0 bridgehead atoms. The molecule has 2 unspecified atom stereocenters. The first kappa shape index (κ1) is 33.6. The number of hydrogen-bond acceptors (Lipinski definition) is 5. The lowest BCUT2D eigenvalue weighted by molar-refractivity contribution is -0.0754. The summed E-state index contributed by atoms with van der Waals surface area (Å²) in [7, 11) is 0. The summed E-state index contributed by atoms with van der Waals surface area (Å²) in [5.41, 5.74) is 8.87. The highest BCUT2D eigenvalue weighted by Crippen LogP contribution is 2.39. The fraction of sp³-hybridized carbons (Fsp3) is 1.00. The van der Waals surface area contributed by atoms with Gasteiger partial charge in [-0.3, -0.25) is 0 Å². The first-order valence-corrected chi connectivity index (χ1v) is 16.1. The third-order valence-corrected chi connectivity index (χ3v) is 9.26. The molecule has 0 spiro atoms. The van der Waals surface area contributed by atoms with Crippen LogP contribution in [0.1, 0.15) is 124 Å². The third-order valence-electron chi connectivity index (χ3n) is 7.88. The summed E-state index contributed by atoms with van der Waals surface area (Å²) in [6.07, 6.45) is 20.2. The Labute approximate surface area is 226 Å². The van der Waals surface area contributed by atoms with Crippen LogP contribution in [0.15, 0.2) is 5.11 Å². The molecule has 1 aliphatic rings. The molecule has 212 valence electrons. The first-order chi connectivity index (χ1) is 17.6. The van der Waals surface area contributed by atoms with E-state index in [4.69, 9.17) is 15.0 Å². The zero-order chi connectivity index (χ0) is 26.4. The number of hydrogen-bond donors (Lipinski definition) is 1. The summed E-state index contributed by atoms with van der Waals surface area (Å²) >= 11 is 1.66. The minimum Gasteiger partial charge on any atom is -0.396 e. The van der Waals surface area contributed by atoms with Gasteiger partial charge < -0.3 is 14.6 Å². The van der Waals surface area contributed by atoms with Crippen molar-refractivity contribution in [3.8, 4) is 0 Å². The molecule has 1 N–H and O–H groups in total. The largest absolute Gasteiger partial charge is 0.396 e. The number of rotatable bonds is 23. The lowest BCUT2D eigenvalue weighted by Gasteiger charge is -2.43. The number of thioether (sulfide) groups is 1. The van der Waals surface area contributed by atoms with Crippen LogP contribution < -0.4 is 0 Å². The molecule has 0 amide bonds. The van der Waals surface area contributed by atoms with Gasteiger partial charge in [0.25, 0.3) is 0 Å². The molecular weight excluding hydrogens is 470 g/mol. The molecule has 0 aromatic rings. The number of azide groups is 1. The third kappa shape index (κ3) is 14.5. The molecule has 1 fully saturated rings. The van der Waals surface area contributed by atoms with Crippen LogP contribution in [0.2, 0.25) is 0 Å². The second kappa shape index (κ2) is 22.5. The highest BCUT2D eigenvalue weighted by Gasteiger charge is 2.40. The molecule has 6 atom stereocenters. The van der Waals surface area contributed by atoms with Crippen molar-refractivity contribution in [2.45, 2.75) is 142 Å². The van der Waals surface area contributed by atoms with Gasteiger partial charge in [-0.25, -0.2) is 0 Å². The topological polar surface area (TPSA) is 87.5 Å². The van der Waals surface area contributed by atoms with Gasteiger partial charge in [0.05, 0.1) is 18.8 Å². The summed E-state index contributed by atoms with van der Waals surface area (Å²) in [5.74, 6) is 1.46. The molecule has 1 saturated heterocycles. The number of aliphatic hydroxyl groups is 1. The smallest absolute Gasteiger partial charge is 0.112 e. The molecule has 6 nitrogen and oxygen atoms in total. The minimum absolute atomic E-state index is 0.0756. The molecule has 36 heavy (non-hydrogen) atoms. The molecule has 0 aliphatic carbocycles. The maximum Gasteiger partial charge on any atom is 0.112 e. The molecule has 7 heteroatoms. The van der Waals surface area contributed by atoms with Crippen LogP contribution in [-0.4, -0.2) is 48.3 Å². The minimum atomic E-state index is -0.173. The maximum atomic E-state index is 9.83. The second-order valence-electron chi connectivity index (χ2n) is 10.9. The predicted octanol–water partition coefficient (Wildman–Crippen LogP) is 8.91. The monoisotopic (exact) mass is 527 g/mol. The molecular formula is C29H57N3O3S. The highest BCUT2D eigenvalue weighted by molar-refractivity contribution is 7.99. The van der Waals surface area contributed by atoms with Crippen LogP contribution in [0.5, 0.6) is 0 Å². The van der Waals surface area contributed by atoms with Gasteiger partial charge in [-0.2, -0.15) is 0 Å². The molecule has 0 saturated carbocycles. The lowest BCUT2D eigenvalue weighted by Crippen LogP contribution is -2.47. The lowest BCUT2D eigenvalue weighted by atomic mass is 9.82. The van der Waals surface area contributed by atoms with Gasteiger partial charge >= 0.3 is 0 Å². The van der Waals surface area contributed by atoms with E-state index >= 15 is 0 Å². The quantitative estimate of drug-likeness (QED) is 0.0622. The van der Waals surface area contributed by atoms with Crippen LogP contribution in [0.4, 0.5) is 0 Å². The van der Waals surface area contributed by atoms with Gasteiger partial charge in [-0.1, -0.05) is 116 Å². The second-order valence-corrected chi connectivity index (χ2v) is 12.0. The molecule has 1 aliphatic heterocycles. The number of ether oxygens (including phenoxy) is 2. The Kier molecular flexibility index (Phi) is 21.0. The van der Waals surface area contributed by atoms with Crippen LogP contribution in [-0.2, 0) is 9.47 Å². The average molecular weight is 528 g/mol. The van der Waals surface area contributed by atoms with E-state index in [0.29, 0.717) is 12.5 Å². The maximum absolute atomic E-state index is 9.83. The van der Waals surface area contributed by atoms with Crippen molar-refractivity contribution in [3.05, 3.63) is 10.4 Å². The molecule has 1 heterocycles. The zero-order valence-electron chi connectivity index (χ0n) is 23.9. The fourth-order valence-corrected chi connectivity index (χ4v) is 6.52. The van der Waals surface area contributed by atoms with Crippen molar-refractivity contribution < 1.29 is 14.6 Å². The SMILES string of the molecule is CCCCCCCCCCCCCCCCOC[C@@H](CO)CS[C@@H]1OC(CC)[C@@H](C)[C@H](C)C1N=[N+]=[N-]. The summed E-state index contributed by atoms with van der Waals surface area (Å²) in [6.45, 7) is 10.2. The van der Waals surface area contributed by atoms with Crippen molar-refractivity contribution in [3.63, 3.8) is 0 Å². The fourth-order valence-electron chi connectivity index (χ4n) is 5.13. The van der Waals surface area contributed by atoms with E-state index in [1.807, 2.05) is 0 Å². The standard InChI is InChI=1S/C29H57N3O3S/c1-5-7-8-9-10-11-12-13-14-15-16-17-18-19-20-34-22-26(21-33)23-36-29-28(31-32-30)25(4)24(3)27(6-2)35-29/h24-29,33H,5-23H2,1-4H3/t24-,25-,26+,27?,28?,29-/m0/s1. The van der Waals surface area contributed by atoms with Gasteiger partial charge in [0.1, 0.15) is 5.44 Å². The van der Waals surface area contributed by atoms with Crippen molar-refractivity contribution in [2.75, 3.05) is 25.6 Å². The van der Waals surface area contributed by atoms with E-state index in [2.05, 4.69) is 37.7 Å². The summed E-state index contributed by atoms with van der Waals surface area (Å²) in [6, 6.07) is -0.173. The van der Waals surface area contributed by atoms with E-state index < -0.39 is 0 Å². The van der Waals surface area contributed by atoms with E-state index in [0.717, 1.165) is 25.2 Å². The molecule has 1 rings (SSSR count). The van der Waals surface area contributed by atoms with Crippen molar-refractivity contribution in [1.82, 2.24) is 0 Å². The van der Waals surface area contributed by atoms with Gasteiger partial charge in [-0.05, 0) is 30.2 Å². The Bertz CT molecular complexity index is 562. The predicted molar refractivity (Wildman–Crippen MR) is 154 cm³/mol. The Morgan fingerprint density at radius 1 is 0.889 bits per heavy atom. The first-order valence-electron chi connectivity index (χ1n) is 15.1. The van der Waals surface area contributed by atoms with Crippen molar-refractivity contribution >= 4 is 11.8 Å². The van der Waals surface area contributed by atoms with Crippen LogP contribution in [0, 0.1) is 17.8 Å². The van der Waals surface area contributed by atoms with Gasteiger partial charge in [0, 0.05) is 29.8 Å². The molecule has 0 aromatic carbocycles. The van der Waals surface area contributed by atoms with Crippen molar-refractivity contribution in [2.24, 2.45) is 22.9 Å². The van der Waals surface area contributed by atoms with Gasteiger partial charge in [-0.15, -0.1) is 11.8 Å². The normalized spacial score (nSPS) is 25.0. The summed E-state index contributed by atoms with van der Waals surface area (Å²) in [5, 5.41) is 13.9. The number of aliphatic hydroxyl groups excluding tert-OH is 1. The number of nitrogens with zero attached hydrogens (tertiary/aromatic N) is 3. The molecule has 0 aromatic heterocycles. The van der Waals surface area contributed by atoms with Gasteiger partial charge in [0.2, 0.25) is 0 Å². The van der Waals surface area contributed by atoms with Crippen molar-refractivity contribution in [1.29, 1.82) is 0 Å². The van der Waals surface area contributed by atoms with Crippen LogP contribution in [0.3, 0.4) is 0 Å². The van der Waals surface area contributed by atoms with E-state index in [1.165, 1.54) is 83.5 Å². The number of unbranched alkanes of at least 4 members (excludes halogenated alkanes) is 13. The average Bonchev–Trinajstić information content (AvgIpc) is 2.89. The molecule has 0 radical (unpaired) electrons. The van der Waals surface area contributed by atoms with Crippen LogP contribution in [0.25, 0.3) is 10.4 Å². The Morgan fingerprint density at radius 2 is 1.44 bits per heavy atom. The Balaban J connectivity index is 2.07.